The quantitative estimate of drug-likeness (QED) is 0.672. The van der Waals surface area contributed by atoms with Crippen LogP contribution in [-0.2, 0) is 14.3 Å². The van der Waals surface area contributed by atoms with Crippen LogP contribution in [0.5, 0.6) is 0 Å². The summed E-state index contributed by atoms with van der Waals surface area (Å²) < 4.78 is 5.70. The Morgan fingerprint density at radius 1 is 1.12 bits per heavy atom. The van der Waals surface area contributed by atoms with Crippen LogP contribution in [0.1, 0.15) is 63.8 Å². The number of aliphatic hydroxyl groups excluding tert-OH is 1. The third-order valence-corrected chi connectivity index (χ3v) is 8.61. The average Bonchev–Trinajstić information content (AvgIpc) is 3.19. The number of aromatic amines is 1. The minimum absolute atomic E-state index is 0.0231. The summed E-state index contributed by atoms with van der Waals surface area (Å²) in [5, 5.41) is 10.9. The third-order valence-electron chi connectivity index (χ3n) is 8.61. The van der Waals surface area contributed by atoms with E-state index in [4.69, 9.17) is 4.74 Å². The molecule has 5 fully saturated rings. The fourth-order valence-corrected chi connectivity index (χ4v) is 7.54. The molecule has 1 aromatic heterocycles. The summed E-state index contributed by atoms with van der Waals surface area (Å²) in [6.07, 6.45) is 5.05. The standard InChI is InChI=1S/C26H31N3O5/c1-14(22-27-20-5-3-2-4-19(20)23(31)28-22)34-24(32)21-9-18(30)13-29(21)25(33)26-10-15-6-16(11-26)8-17(7-15)12-26/h2-5,14-18,21,30H,6-13H2,1H3,(H,27,28,31)/t14?,15?,16?,17?,18?,21-,26?/m0/s1. The molecule has 5 aliphatic rings. The number of ether oxygens (including phenoxy) is 1. The van der Waals surface area contributed by atoms with Gasteiger partial charge in [0, 0.05) is 13.0 Å². The van der Waals surface area contributed by atoms with Crippen molar-refractivity contribution in [3.05, 3.63) is 40.4 Å². The number of aromatic nitrogens is 2. The van der Waals surface area contributed by atoms with Crippen molar-refractivity contribution >= 4 is 22.8 Å². The number of β-amino-alcohol motifs (C(OH)–C–C–N with tert-alkyl or cyclic N) is 1. The zero-order valence-electron chi connectivity index (χ0n) is 19.4. The Hall–Kier alpha value is -2.74. The van der Waals surface area contributed by atoms with Crippen LogP contribution in [0.15, 0.2) is 29.1 Å². The van der Waals surface area contributed by atoms with Crippen LogP contribution in [0.25, 0.3) is 10.9 Å². The molecule has 4 saturated carbocycles. The first-order valence-electron chi connectivity index (χ1n) is 12.5. The molecule has 8 nitrogen and oxygen atoms in total. The van der Waals surface area contributed by atoms with Crippen molar-refractivity contribution in [1.29, 1.82) is 0 Å². The maximum Gasteiger partial charge on any atom is 0.329 e. The molecule has 8 heteroatoms. The van der Waals surface area contributed by atoms with Crippen LogP contribution in [0, 0.1) is 23.2 Å². The maximum atomic E-state index is 13.9. The minimum atomic E-state index is -0.815. The molecule has 2 heterocycles. The first-order valence-corrected chi connectivity index (χ1v) is 12.5. The van der Waals surface area contributed by atoms with Gasteiger partial charge in [-0.1, -0.05) is 12.1 Å². The summed E-state index contributed by atoms with van der Waals surface area (Å²) in [6.45, 7) is 1.82. The SMILES string of the molecule is CC(OC(=O)[C@@H]1CC(O)CN1C(=O)C12CC3CC(CC(C3)C1)C2)c1nc2ccccc2c(=O)[nH]1. The lowest BCUT2D eigenvalue weighted by molar-refractivity contribution is -0.167. The number of esters is 1. The minimum Gasteiger partial charge on any atom is -0.453 e. The first kappa shape index (κ1) is 21.8. The van der Waals surface area contributed by atoms with Gasteiger partial charge < -0.3 is 19.7 Å². The van der Waals surface area contributed by atoms with Gasteiger partial charge in [0.1, 0.15) is 6.04 Å². The van der Waals surface area contributed by atoms with E-state index in [9.17, 15) is 19.5 Å². The summed E-state index contributed by atoms with van der Waals surface area (Å²) in [7, 11) is 0. The van der Waals surface area contributed by atoms with E-state index >= 15 is 0 Å². The van der Waals surface area contributed by atoms with E-state index in [0.29, 0.717) is 28.7 Å². The smallest absolute Gasteiger partial charge is 0.329 e. The summed E-state index contributed by atoms with van der Waals surface area (Å²) in [5.74, 6) is 1.57. The van der Waals surface area contributed by atoms with Crippen LogP contribution in [0.4, 0.5) is 0 Å². The number of H-pyrrole nitrogens is 1. The number of carbonyl (C=O) groups is 2. The van der Waals surface area contributed by atoms with Gasteiger partial charge >= 0.3 is 5.97 Å². The van der Waals surface area contributed by atoms with Crippen LogP contribution in [0.3, 0.4) is 0 Å². The number of aliphatic hydroxyl groups is 1. The van der Waals surface area contributed by atoms with E-state index in [0.717, 1.165) is 19.3 Å². The van der Waals surface area contributed by atoms with E-state index in [1.807, 2.05) is 0 Å². The Morgan fingerprint density at radius 3 is 2.44 bits per heavy atom. The number of hydrogen-bond donors (Lipinski definition) is 2. The topological polar surface area (TPSA) is 113 Å². The zero-order valence-corrected chi connectivity index (χ0v) is 19.4. The molecule has 34 heavy (non-hydrogen) atoms. The summed E-state index contributed by atoms with van der Waals surface area (Å²) in [4.78, 5) is 48.2. The zero-order chi connectivity index (χ0) is 23.6. The van der Waals surface area contributed by atoms with Crippen molar-refractivity contribution < 1.29 is 19.4 Å². The summed E-state index contributed by atoms with van der Waals surface area (Å²) in [6, 6.07) is 6.17. The number of carbonyl (C=O) groups excluding carboxylic acids is 2. The van der Waals surface area contributed by atoms with Gasteiger partial charge in [-0.15, -0.1) is 0 Å². The largest absolute Gasteiger partial charge is 0.453 e. The van der Waals surface area contributed by atoms with Gasteiger partial charge in [-0.05, 0) is 75.3 Å². The molecular formula is C26H31N3O5. The number of rotatable bonds is 4. The van der Waals surface area contributed by atoms with Crippen molar-refractivity contribution in [1.82, 2.24) is 14.9 Å². The van der Waals surface area contributed by atoms with Gasteiger partial charge in [-0.3, -0.25) is 9.59 Å². The lowest BCUT2D eigenvalue weighted by atomic mass is 9.49. The van der Waals surface area contributed by atoms with Crippen LogP contribution < -0.4 is 5.56 Å². The Labute approximate surface area is 197 Å². The van der Waals surface area contributed by atoms with Crippen LogP contribution in [-0.4, -0.2) is 50.5 Å². The van der Waals surface area contributed by atoms with E-state index in [1.165, 1.54) is 19.3 Å². The molecule has 3 atom stereocenters. The van der Waals surface area contributed by atoms with Crippen molar-refractivity contribution in [2.75, 3.05) is 6.54 Å². The van der Waals surface area contributed by atoms with Crippen molar-refractivity contribution in [2.24, 2.45) is 23.2 Å². The molecule has 1 saturated heterocycles. The lowest BCUT2D eigenvalue weighted by Crippen LogP contribution is -2.56. The predicted molar refractivity (Wildman–Crippen MR) is 124 cm³/mol. The second kappa shape index (κ2) is 7.90. The molecule has 1 aromatic carbocycles. The third kappa shape index (κ3) is 3.54. The predicted octanol–water partition coefficient (Wildman–Crippen LogP) is 2.71. The van der Waals surface area contributed by atoms with E-state index in [1.54, 1.807) is 36.1 Å². The van der Waals surface area contributed by atoms with Crippen molar-refractivity contribution in [3.63, 3.8) is 0 Å². The molecule has 1 aliphatic heterocycles. The molecule has 4 aliphatic carbocycles. The molecule has 0 spiro atoms. The summed E-state index contributed by atoms with van der Waals surface area (Å²) >= 11 is 0. The van der Waals surface area contributed by atoms with E-state index in [-0.39, 0.29) is 35.7 Å². The number of fused-ring (bicyclic) bond motifs is 1. The van der Waals surface area contributed by atoms with Crippen LogP contribution >= 0.6 is 0 Å². The van der Waals surface area contributed by atoms with Gasteiger partial charge in [-0.2, -0.15) is 0 Å². The number of likely N-dealkylation sites (tertiary alicyclic amines) is 1. The molecule has 2 N–H and O–H groups in total. The van der Waals surface area contributed by atoms with Gasteiger partial charge in [0.25, 0.3) is 5.56 Å². The number of nitrogens with one attached hydrogen (secondary N) is 1. The second-order valence-electron chi connectivity index (χ2n) is 11.1. The highest BCUT2D eigenvalue weighted by Gasteiger charge is 2.57. The maximum absolute atomic E-state index is 13.9. The van der Waals surface area contributed by atoms with E-state index < -0.39 is 24.2 Å². The average molecular weight is 466 g/mol. The molecule has 2 aromatic rings. The molecule has 4 bridgehead atoms. The van der Waals surface area contributed by atoms with Gasteiger partial charge in [0.15, 0.2) is 11.9 Å². The monoisotopic (exact) mass is 465 g/mol. The fraction of sp³-hybridized carbons (Fsp3) is 0.615. The van der Waals surface area contributed by atoms with Crippen LogP contribution in [0.2, 0.25) is 0 Å². The van der Waals surface area contributed by atoms with Gasteiger partial charge in [-0.25, -0.2) is 9.78 Å². The molecule has 7 rings (SSSR count). The number of para-hydroxylation sites is 1. The second-order valence-corrected chi connectivity index (χ2v) is 11.1. The number of benzene rings is 1. The number of hydrogen-bond acceptors (Lipinski definition) is 6. The summed E-state index contributed by atoms with van der Waals surface area (Å²) in [5.41, 5.74) is -0.147. The Balaban J connectivity index is 1.21. The Bertz CT molecular complexity index is 1170. The fourth-order valence-electron chi connectivity index (χ4n) is 7.54. The Morgan fingerprint density at radius 2 is 1.76 bits per heavy atom. The van der Waals surface area contributed by atoms with E-state index in [2.05, 4.69) is 9.97 Å². The highest BCUT2D eigenvalue weighted by Crippen LogP contribution is 2.60. The number of nitrogens with zero attached hydrogens (tertiary/aromatic N) is 2. The normalized spacial score (nSPS) is 35.0. The van der Waals surface area contributed by atoms with Crippen molar-refractivity contribution in [3.8, 4) is 0 Å². The molecular weight excluding hydrogens is 434 g/mol. The Kier molecular flexibility index (Phi) is 5.06. The first-order chi connectivity index (χ1) is 16.3. The highest BCUT2D eigenvalue weighted by atomic mass is 16.5. The lowest BCUT2D eigenvalue weighted by Gasteiger charge is -2.56. The van der Waals surface area contributed by atoms with Crippen molar-refractivity contribution in [2.45, 2.75) is 70.1 Å². The molecule has 2 unspecified atom stereocenters. The van der Waals surface area contributed by atoms with Gasteiger partial charge in [0.05, 0.1) is 22.4 Å². The highest BCUT2D eigenvalue weighted by molar-refractivity contribution is 5.89. The number of amides is 1. The molecule has 1 amide bonds. The van der Waals surface area contributed by atoms with Gasteiger partial charge in [0.2, 0.25) is 5.91 Å². The molecule has 0 radical (unpaired) electrons. The molecule has 180 valence electrons.